The number of nitrogens with zero attached hydrogens (tertiary/aromatic N) is 4. The molecule has 0 aliphatic carbocycles. The fourth-order valence-corrected chi connectivity index (χ4v) is 5.06. The third kappa shape index (κ3) is 6.85. The van der Waals surface area contributed by atoms with Crippen LogP contribution in [0.3, 0.4) is 0 Å². The molecule has 1 aliphatic heterocycles. The molecule has 2 aromatic carbocycles. The van der Waals surface area contributed by atoms with Gasteiger partial charge in [0.05, 0.1) is 18.2 Å². The Hall–Kier alpha value is -4.41. The molecule has 1 saturated heterocycles. The molecule has 1 N–H and O–H groups in total. The number of piperidine rings is 1. The zero-order valence-corrected chi connectivity index (χ0v) is 22.3. The van der Waals surface area contributed by atoms with E-state index in [-0.39, 0.29) is 31.4 Å². The highest BCUT2D eigenvalue weighted by molar-refractivity contribution is 5.71. The number of aliphatic carboxylic acids is 1. The number of carbonyl (C=O) groups is 1. The number of benzene rings is 2. The summed E-state index contributed by atoms with van der Waals surface area (Å²) in [5.74, 6) is 0.0554. The van der Waals surface area contributed by atoms with E-state index in [2.05, 4.69) is 15.0 Å². The fourth-order valence-electron chi connectivity index (χ4n) is 5.06. The maximum atomic E-state index is 13.1. The molecule has 11 heteroatoms. The number of aryl methyl sites for hydroxylation is 1. The van der Waals surface area contributed by atoms with Gasteiger partial charge in [0.15, 0.2) is 0 Å². The van der Waals surface area contributed by atoms with Gasteiger partial charge in [0.1, 0.15) is 17.2 Å². The normalized spacial score (nSPS) is 17.4. The maximum absolute atomic E-state index is 13.1. The van der Waals surface area contributed by atoms with Crippen LogP contribution >= 0.6 is 0 Å². The van der Waals surface area contributed by atoms with E-state index >= 15 is 0 Å². The van der Waals surface area contributed by atoms with Crippen LogP contribution < -0.4 is 9.64 Å². The Bertz CT molecular complexity index is 1480. The van der Waals surface area contributed by atoms with Crippen LogP contribution in [0.1, 0.15) is 29.1 Å². The number of halogens is 3. The number of hydrogen-bond acceptors (Lipinski definition) is 7. The molecule has 0 radical (unpaired) electrons. The molecule has 0 saturated carbocycles. The molecule has 2 aromatic heterocycles. The lowest BCUT2D eigenvalue weighted by molar-refractivity contribution is -0.144. The van der Waals surface area contributed by atoms with E-state index in [1.807, 2.05) is 61.5 Å². The summed E-state index contributed by atoms with van der Waals surface area (Å²) in [6, 6.07) is 17.9. The zero-order chi connectivity index (χ0) is 29.0. The predicted molar refractivity (Wildman–Crippen MR) is 145 cm³/mol. The van der Waals surface area contributed by atoms with Crippen molar-refractivity contribution < 1.29 is 32.2 Å². The third-order valence-electron chi connectivity index (χ3n) is 7.21. The van der Waals surface area contributed by atoms with Crippen molar-refractivity contribution in [2.24, 2.45) is 11.8 Å². The number of hydrogen-bond donors (Lipinski definition) is 1. The molecule has 2 unspecified atom stereocenters. The number of aromatic nitrogens is 3. The number of ether oxygens (including phenoxy) is 1. The van der Waals surface area contributed by atoms with Gasteiger partial charge in [0.25, 0.3) is 0 Å². The summed E-state index contributed by atoms with van der Waals surface area (Å²) in [7, 11) is 0. The van der Waals surface area contributed by atoms with E-state index in [1.54, 1.807) is 4.90 Å². The van der Waals surface area contributed by atoms with E-state index in [1.165, 1.54) is 0 Å². The van der Waals surface area contributed by atoms with Crippen LogP contribution in [-0.2, 0) is 23.8 Å². The Morgan fingerprint density at radius 2 is 1.85 bits per heavy atom. The monoisotopic (exact) mass is 566 g/mol. The predicted octanol–water partition coefficient (Wildman–Crippen LogP) is 5.85. The third-order valence-corrected chi connectivity index (χ3v) is 7.21. The number of oxazole rings is 1. The Balaban J connectivity index is 1.19. The van der Waals surface area contributed by atoms with Crippen molar-refractivity contribution in [3.05, 3.63) is 89.6 Å². The summed E-state index contributed by atoms with van der Waals surface area (Å²) in [6.45, 7) is 2.77. The Morgan fingerprint density at radius 1 is 1.10 bits per heavy atom. The molecule has 214 valence electrons. The van der Waals surface area contributed by atoms with Crippen LogP contribution in [0.25, 0.3) is 11.5 Å². The summed E-state index contributed by atoms with van der Waals surface area (Å²) in [5, 5.41) is 9.78. The van der Waals surface area contributed by atoms with Crippen molar-refractivity contribution in [3.8, 4) is 17.2 Å². The molecule has 1 aliphatic rings. The number of carboxylic acids is 1. The molecule has 0 bridgehead atoms. The van der Waals surface area contributed by atoms with E-state index in [4.69, 9.17) is 9.15 Å². The first-order chi connectivity index (χ1) is 19.7. The van der Waals surface area contributed by atoms with Crippen LogP contribution in [-0.4, -0.2) is 45.7 Å². The SMILES string of the molecule is Cc1oc(-c2ccccc2)nc1CCOc1ccc(CC2CN(c3nccc(C(F)(F)F)n3)CCC2C(=O)O)cc1. The van der Waals surface area contributed by atoms with Gasteiger partial charge in [-0.15, -0.1) is 0 Å². The van der Waals surface area contributed by atoms with Crippen molar-refractivity contribution in [3.63, 3.8) is 0 Å². The van der Waals surface area contributed by atoms with Crippen molar-refractivity contribution in [1.82, 2.24) is 15.0 Å². The van der Waals surface area contributed by atoms with Gasteiger partial charge < -0.3 is 19.2 Å². The molecule has 3 heterocycles. The second kappa shape index (κ2) is 12.0. The van der Waals surface area contributed by atoms with Gasteiger partial charge in [-0.05, 0) is 61.6 Å². The minimum atomic E-state index is -4.58. The highest BCUT2D eigenvalue weighted by Gasteiger charge is 2.37. The topological polar surface area (TPSA) is 102 Å². The van der Waals surface area contributed by atoms with Crippen LogP contribution in [0.2, 0.25) is 0 Å². The van der Waals surface area contributed by atoms with Gasteiger partial charge in [0, 0.05) is 31.3 Å². The lowest BCUT2D eigenvalue weighted by Gasteiger charge is -2.37. The van der Waals surface area contributed by atoms with E-state index < -0.39 is 23.8 Å². The Kier molecular flexibility index (Phi) is 8.23. The highest BCUT2D eigenvalue weighted by atomic mass is 19.4. The molecule has 1 fully saturated rings. The van der Waals surface area contributed by atoms with E-state index in [0.717, 1.165) is 34.8 Å². The lowest BCUT2D eigenvalue weighted by atomic mass is 9.81. The standard InChI is InChI=1S/C30H29F3N4O4/c1-19-25(35-27(41-19)21-5-3-2-4-6-21)13-16-40-23-9-7-20(8-10-23)17-22-18-37(15-12-24(22)28(38)39)29-34-14-11-26(36-29)30(31,32)33/h2-11,14,22,24H,12-13,15-18H2,1H3,(H,38,39). The zero-order valence-electron chi connectivity index (χ0n) is 22.3. The van der Waals surface area contributed by atoms with Crippen LogP contribution in [0.5, 0.6) is 5.75 Å². The summed E-state index contributed by atoms with van der Waals surface area (Å²) >= 11 is 0. The molecule has 5 rings (SSSR count). The van der Waals surface area contributed by atoms with Crippen molar-refractivity contribution in [1.29, 1.82) is 0 Å². The van der Waals surface area contributed by atoms with Gasteiger partial charge in [0.2, 0.25) is 11.8 Å². The molecular weight excluding hydrogens is 537 g/mol. The summed E-state index contributed by atoms with van der Waals surface area (Å²) < 4.78 is 51.1. The highest BCUT2D eigenvalue weighted by Crippen LogP contribution is 2.32. The molecule has 41 heavy (non-hydrogen) atoms. The van der Waals surface area contributed by atoms with E-state index in [9.17, 15) is 23.1 Å². The molecule has 0 amide bonds. The second-order valence-corrected chi connectivity index (χ2v) is 10.0. The van der Waals surface area contributed by atoms with Gasteiger partial charge in [-0.25, -0.2) is 15.0 Å². The average Bonchev–Trinajstić information content (AvgIpc) is 3.34. The van der Waals surface area contributed by atoms with Gasteiger partial charge >= 0.3 is 12.1 Å². The average molecular weight is 567 g/mol. The first kappa shape index (κ1) is 28.1. The number of carboxylic acid groups (broad SMARTS) is 1. The van der Waals surface area contributed by atoms with Gasteiger partial charge in [-0.3, -0.25) is 4.79 Å². The van der Waals surface area contributed by atoms with Crippen LogP contribution in [0.4, 0.5) is 19.1 Å². The molecule has 8 nitrogen and oxygen atoms in total. The smallest absolute Gasteiger partial charge is 0.433 e. The maximum Gasteiger partial charge on any atom is 0.433 e. The first-order valence-electron chi connectivity index (χ1n) is 13.3. The van der Waals surface area contributed by atoms with Gasteiger partial charge in [-0.2, -0.15) is 13.2 Å². The Labute approximate surface area is 234 Å². The van der Waals surface area contributed by atoms with Crippen molar-refractivity contribution >= 4 is 11.9 Å². The number of rotatable bonds is 9. The summed E-state index contributed by atoms with van der Waals surface area (Å²) in [5.41, 5.74) is 1.62. The van der Waals surface area contributed by atoms with E-state index in [0.29, 0.717) is 31.1 Å². The minimum absolute atomic E-state index is 0.0457. The largest absolute Gasteiger partial charge is 0.493 e. The lowest BCUT2D eigenvalue weighted by Crippen LogP contribution is -2.45. The van der Waals surface area contributed by atoms with Crippen LogP contribution in [0.15, 0.2) is 71.3 Å². The molecule has 0 spiro atoms. The fraction of sp³-hybridized carbons (Fsp3) is 0.333. The first-order valence-corrected chi connectivity index (χ1v) is 13.3. The van der Waals surface area contributed by atoms with Crippen molar-refractivity contribution in [2.75, 3.05) is 24.6 Å². The second-order valence-electron chi connectivity index (χ2n) is 10.0. The van der Waals surface area contributed by atoms with Gasteiger partial charge in [-0.1, -0.05) is 30.3 Å². The summed E-state index contributed by atoms with van der Waals surface area (Å²) in [4.78, 5) is 25.9. The molecular formula is C30H29F3N4O4. The molecule has 4 aromatic rings. The minimum Gasteiger partial charge on any atom is -0.493 e. The quantitative estimate of drug-likeness (QED) is 0.269. The number of anilines is 1. The molecule has 2 atom stereocenters. The number of alkyl halides is 3. The summed E-state index contributed by atoms with van der Waals surface area (Å²) in [6.07, 6.45) is -2.21. The van der Waals surface area contributed by atoms with Crippen LogP contribution in [0, 0.1) is 18.8 Å². The van der Waals surface area contributed by atoms with Crippen molar-refractivity contribution in [2.45, 2.75) is 32.4 Å². The Morgan fingerprint density at radius 3 is 2.56 bits per heavy atom.